The highest BCUT2D eigenvalue weighted by Gasteiger charge is 2.10. The van der Waals surface area contributed by atoms with Crippen LogP contribution in [0.15, 0.2) is 0 Å². The summed E-state index contributed by atoms with van der Waals surface area (Å²) in [6.07, 6.45) is 3.59. The largest absolute Gasteiger partial charge is 0.385 e. The predicted octanol–water partition coefficient (Wildman–Crippen LogP) is 2.12. The normalized spacial score (nSPS) is 13.3. The Morgan fingerprint density at radius 1 is 1.19 bits per heavy atom. The first-order chi connectivity index (χ1) is 7.76. The summed E-state index contributed by atoms with van der Waals surface area (Å²) in [5.41, 5.74) is 0. The molecule has 0 fully saturated rings. The van der Waals surface area contributed by atoms with Crippen molar-refractivity contribution < 1.29 is 4.74 Å². The molecule has 0 saturated heterocycles. The second-order valence-electron chi connectivity index (χ2n) is 4.44. The first-order valence-electron chi connectivity index (χ1n) is 6.69. The van der Waals surface area contributed by atoms with E-state index in [2.05, 4.69) is 31.0 Å². The van der Waals surface area contributed by atoms with Gasteiger partial charge in [-0.2, -0.15) is 0 Å². The molecule has 0 aromatic rings. The van der Waals surface area contributed by atoms with E-state index in [9.17, 15) is 0 Å². The molecule has 0 bridgehead atoms. The van der Waals surface area contributed by atoms with Crippen LogP contribution in [0.4, 0.5) is 0 Å². The predicted molar refractivity (Wildman–Crippen MR) is 71.0 cm³/mol. The third-order valence-electron chi connectivity index (χ3n) is 2.79. The highest BCUT2D eigenvalue weighted by molar-refractivity contribution is 4.69. The molecule has 1 N–H and O–H groups in total. The van der Waals surface area contributed by atoms with Crippen LogP contribution < -0.4 is 5.32 Å². The van der Waals surface area contributed by atoms with Crippen molar-refractivity contribution in [1.82, 2.24) is 10.2 Å². The lowest BCUT2D eigenvalue weighted by atomic mass is 10.2. The average Bonchev–Trinajstić information content (AvgIpc) is 2.28. The number of hydrogen-bond acceptors (Lipinski definition) is 3. The van der Waals surface area contributed by atoms with Gasteiger partial charge in [0, 0.05) is 26.3 Å². The Bertz CT molecular complexity index is 136. The van der Waals surface area contributed by atoms with E-state index in [1.807, 2.05) is 0 Å². The summed E-state index contributed by atoms with van der Waals surface area (Å²) in [4.78, 5) is 2.57. The Morgan fingerprint density at radius 2 is 1.81 bits per heavy atom. The molecule has 98 valence electrons. The maximum Gasteiger partial charge on any atom is 0.0474 e. The van der Waals surface area contributed by atoms with E-state index in [1.165, 1.54) is 25.9 Å². The minimum Gasteiger partial charge on any atom is -0.385 e. The van der Waals surface area contributed by atoms with Gasteiger partial charge in [0.15, 0.2) is 0 Å². The van der Waals surface area contributed by atoms with Crippen LogP contribution in [0.1, 0.15) is 40.0 Å². The van der Waals surface area contributed by atoms with E-state index in [-0.39, 0.29) is 0 Å². The molecule has 0 aliphatic carbocycles. The van der Waals surface area contributed by atoms with Crippen molar-refractivity contribution >= 4 is 0 Å². The van der Waals surface area contributed by atoms with Crippen molar-refractivity contribution in [2.24, 2.45) is 0 Å². The topological polar surface area (TPSA) is 24.5 Å². The smallest absolute Gasteiger partial charge is 0.0474 e. The van der Waals surface area contributed by atoms with Crippen LogP contribution in [0.5, 0.6) is 0 Å². The van der Waals surface area contributed by atoms with Crippen molar-refractivity contribution in [3.8, 4) is 0 Å². The zero-order valence-electron chi connectivity index (χ0n) is 11.6. The number of methoxy groups -OCH3 is 1. The van der Waals surface area contributed by atoms with E-state index >= 15 is 0 Å². The first kappa shape index (κ1) is 15.9. The maximum absolute atomic E-state index is 5.02. The molecule has 0 amide bonds. The zero-order valence-corrected chi connectivity index (χ0v) is 11.6. The number of nitrogens with zero attached hydrogens (tertiary/aromatic N) is 1. The summed E-state index contributed by atoms with van der Waals surface area (Å²) >= 11 is 0. The highest BCUT2D eigenvalue weighted by Crippen LogP contribution is 2.01. The minimum atomic E-state index is 0.641. The standard InChI is InChI=1S/C13H30N2O/c1-5-9-15(10-6-2)13(3)12-14-8-7-11-16-4/h13-14H,5-12H2,1-4H3. The Kier molecular flexibility index (Phi) is 11.3. The molecule has 0 aliphatic rings. The first-order valence-corrected chi connectivity index (χ1v) is 6.69. The van der Waals surface area contributed by atoms with Gasteiger partial charge >= 0.3 is 0 Å². The number of ether oxygens (including phenoxy) is 1. The summed E-state index contributed by atoms with van der Waals surface area (Å²) in [5.74, 6) is 0. The number of hydrogen-bond donors (Lipinski definition) is 1. The summed E-state index contributed by atoms with van der Waals surface area (Å²) < 4.78 is 5.02. The molecule has 0 aromatic carbocycles. The summed E-state index contributed by atoms with van der Waals surface area (Å²) in [6, 6.07) is 0.641. The molecule has 3 nitrogen and oxygen atoms in total. The summed E-state index contributed by atoms with van der Waals surface area (Å²) in [6.45, 7) is 12.3. The zero-order chi connectivity index (χ0) is 12.2. The van der Waals surface area contributed by atoms with E-state index in [0.717, 1.165) is 26.1 Å². The van der Waals surface area contributed by atoms with Crippen LogP contribution >= 0.6 is 0 Å². The van der Waals surface area contributed by atoms with Crippen molar-refractivity contribution in [3.63, 3.8) is 0 Å². The van der Waals surface area contributed by atoms with E-state index in [0.29, 0.717) is 6.04 Å². The van der Waals surface area contributed by atoms with Gasteiger partial charge in [0.05, 0.1) is 0 Å². The molecule has 1 unspecified atom stereocenters. The third-order valence-corrected chi connectivity index (χ3v) is 2.79. The van der Waals surface area contributed by atoms with Crippen LogP contribution in [-0.2, 0) is 4.74 Å². The molecular weight excluding hydrogens is 200 g/mol. The Morgan fingerprint density at radius 3 is 2.31 bits per heavy atom. The molecule has 0 radical (unpaired) electrons. The average molecular weight is 230 g/mol. The molecule has 0 spiro atoms. The van der Waals surface area contributed by atoms with Gasteiger partial charge in [-0.3, -0.25) is 4.90 Å². The van der Waals surface area contributed by atoms with Gasteiger partial charge in [0.1, 0.15) is 0 Å². The molecule has 16 heavy (non-hydrogen) atoms. The fourth-order valence-corrected chi connectivity index (χ4v) is 1.91. The van der Waals surface area contributed by atoms with Gasteiger partial charge < -0.3 is 10.1 Å². The van der Waals surface area contributed by atoms with Crippen LogP contribution in [0, 0.1) is 0 Å². The quantitative estimate of drug-likeness (QED) is 0.550. The second kappa shape index (κ2) is 11.4. The minimum absolute atomic E-state index is 0.641. The fourth-order valence-electron chi connectivity index (χ4n) is 1.91. The van der Waals surface area contributed by atoms with Crippen LogP contribution in [0.3, 0.4) is 0 Å². The summed E-state index contributed by atoms with van der Waals surface area (Å²) in [5, 5.41) is 3.50. The molecule has 0 aliphatic heterocycles. The molecule has 0 aromatic heterocycles. The highest BCUT2D eigenvalue weighted by atomic mass is 16.5. The second-order valence-corrected chi connectivity index (χ2v) is 4.44. The van der Waals surface area contributed by atoms with Gasteiger partial charge in [-0.15, -0.1) is 0 Å². The number of nitrogens with one attached hydrogen (secondary N) is 1. The van der Waals surface area contributed by atoms with E-state index in [4.69, 9.17) is 4.74 Å². The van der Waals surface area contributed by atoms with Crippen LogP contribution in [-0.4, -0.2) is 50.8 Å². The monoisotopic (exact) mass is 230 g/mol. The van der Waals surface area contributed by atoms with Crippen molar-refractivity contribution in [2.75, 3.05) is 39.9 Å². The van der Waals surface area contributed by atoms with Crippen LogP contribution in [0.25, 0.3) is 0 Å². The van der Waals surface area contributed by atoms with E-state index in [1.54, 1.807) is 7.11 Å². The molecule has 0 rings (SSSR count). The van der Waals surface area contributed by atoms with E-state index < -0.39 is 0 Å². The Hall–Kier alpha value is -0.120. The third kappa shape index (κ3) is 8.08. The Balaban J connectivity index is 3.60. The molecule has 0 saturated carbocycles. The van der Waals surface area contributed by atoms with Gasteiger partial charge in [-0.25, -0.2) is 0 Å². The van der Waals surface area contributed by atoms with Gasteiger partial charge in [0.25, 0.3) is 0 Å². The SMILES string of the molecule is CCCN(CCC)C(C)CNCCCOC. The van der Waals surface area contributed by atoms with Crippen molar-refractivity contribution in [2.45, 2.75) is 46.1 Å². The van der Waals surface area contributed by atoms with Gasteiger partial charge in [0.2, 0.25) is 0 Å². The van der Waals surface area contributed by atoms with Crippen molar-refractivity contribution in [1.29, 1.82) is 0 Å². The van der Waals surface area contributed by atoms with Crippen LogP contribution in [0.2, 0.25) is 0 Å². The fraction of sp³-hybridized carbons (Fsp3) is 1.00. The lowest BCUT2D eigenvalue weighted by Gasteiger charge is -2.28. The lowest BCUT2D eigenvalue weighted by Crippen LogP contribution is -2.41. The molecule has 3 heteroatoms. The maximum atomic E-state index is 5.02. The Labute approximate surface area is 102 Å². The summed E-state index contributed by atoms with van der Waals surface area (Å²) in [7, 11) is 1.76. The molecular formula is C13H30N2O. The van der Waals surface area contributed by atoms with Crippen molar-refractivity contribution in [3.05, 3.63) is 0 Å². The number of rotatable bonds is 11. The van der Waals surface area contributed by atoms with Gasteiger partial charge in [-0.1, -0.05) is 13.8 Å². The molecule has 0 heterocycles. The van der Waals surface area contributed by atoms with Gasteiger partial charge in [-0.05, 0) is 45.8 Å². The molecule has 1 atom stereocenters. The lowest BCUT2D eigenvalue weighted by molar-refractivity contribution is 0.187.